The number of thioether (sulfide) groups is 1. The summed E-state index contributed by atoms with van der Waals surface area (Å²) in [5.41, 5.74) is 2.15. The molecule has 1 aromatic carbocycles. The zero-order chi connectivity index (χ0) is 23.4. The molecule has 1 aliphatic rings. The van der Waals surface area contributed by atoms with Crippen molar-refractivity contribution in [3.8, 4) is 6.07 Å². The number of carbonyl (C=O) groups is 1. The van der Waals surface area contributed by atoms with Crippen LogP contribution in [-0.2, 0) is 22.4 Å². The van der Waals surface area contributed by atoms with Gasteiger partial charge in [-0.1, -0.05) is 30.3 Å². The Morgan fingerprint density at radius 2 is 2.12 bits per heavy atom. The molecule has 3 aromatic rings. The number of hydrogen-bond acceptors (Lipinski definition) is 7. The number of carbonyl (C=O) groups excluding carboxylic acids is 1. The molecule has 1 amide bonds. The number of amides is 1. The molecular formula is C24H26N4O3S2. The number of benzene rings is 1. The number of ether oxygens (including phenoxy) is 1. The van der Waals surface area contributed by atoms with Crippen LogP contribution in [0.1, 0.15) is 48.2 Å². The van der Waals surface area contributed by atoms with Gasteiger partial charge in [-0.2, -0.15) is 5.26 Å². The van der Waals surface area contributed by atoms with Crippen LogP contribution in [0.4, 0.5) is 5.00 Å². The average molecular weight is 483 g/mol. The Labute approximate surface area is 200 Å². The van der Waals surface area contributed by atoms with Gasteiger partial charge in [0.05, 0.1) is 34.9 Å². The van der Waals surface area contributed by atoms with E-state index in [-0.39, 0.29) is 23.3 Å². The smallest absolute Gasteiger partial charge is 0.262 e. The molecule has 0 saturated carbocycles. The van der Waals surface area contributed by atoms with E-state index in [9.17, 15) is 14.9 Å². The van der Waals surface area contributed by atoms with E-state index in [0.29, 0.717) is 33.2 Å². The lowest BCUT2D eigenvalue weighted by Gasteiger charge is -2.18. The Hall–Kier alpha value is -2.67. The summed E-state index contributed by atoms with van der Waals surface area (Å²) in [6, 6.07) is 9.26. The predicted molar refractivity (Wildman–Crippen MR) is 132 cm³/mol. The van der Waals surface area contributed by atoms with Crippen molar-refractivity contribution in [3.05, 3.63) is 50.6 Å². The van der Waals surface area contributed by atoms with Gasteiger partial charge >= 0.3 is 0 Å². The molecule has 2 heterocycles. The zero-order valence-corrected chi connectivity index (χ0v) is 20.4. The van der Waals surface area contributed by atoms with Crippen molar-refractivity contribution >= 4 is 44.9 Å². The SMILES string of the molecule is COCC(C)n1c(SCC(=O)Nc2sc3c(c2C#N)CCCCC3)nc2ccccc2c1=O. The molecule has 1 N–H and O–H groups in total. The highest BCUT2D eigenvalue weighted by molar-refractivity contribution is 7.99. The molecular weight excluding hydrogens is 456 g/mol. The van der Waals surface area contributed by atoms with Crippen molar-refractivity contribution < 1.29 is 9.53 Å². The lowest BCUT2D eigenvalue weighted by atomic mass is 10.1. The monoisotopic (exact) mass is 482 g/mol. The minimum Gasteiger partial charge on any atom is -0.383 e. The van der Waals surface area contributed by atoms with Crippen molar-refractivity contribution in [2.24, 2.45) is 0 Å². The van der Waals surface area contributed by atoms with Gasteiger partial charge in [-0.25, -0.2) is 4.98 Å². The molecule has 0 saturated heterocycles. The molecule has 1 atom stereocenters. The number of fused-ring (bicyclic) bond motifs is 2. The van der Waals surface area contributed by atoms with Gasteiger partial charge in [-0.15, -0.1) is 11.3 Å². The van der Waals surface area contributed by atoms with Gasteiger partial charge < -0.3 is 10.1 Å². The molecule has 33 heavy (non-hydrogen) atoms. The third-order valence-corrected chi connectivity index (χ3v) is 7.90. The molecule has 0 aliphatic heterocycles. The summed E-state index contributed by atoms with van der Waals surface area (Å²) < 4.78 is 6.85. The molecule has 9 heteroatoms. The summed E-state index contributed by atoms with van der Waals surface area (Å²) >= 11 is 2.73. The first kappa shape index (κ1) is 23.5. The molecule has 4 rings (SSSR count). The van der Waals surface area contributed by atoms with Crippen LogP contribution < -0.4 is 10.9 Å². The molecule has 2 aromatic heterocycles. The minimum absolute atomic E-state index is 0.0813. The first-order chi connectivity index (χ1) is 16.0. The summed E-state index contributed by atoms with van der Waals surface area (Å²) in [5, 5.41) is 14.3. The summed E-state index contributed by atoms with van der Waals surface area (Å²) in [6.07, 6.45) is 5.22. The van der Waals surface area contributed by atoms with Gasteiger partial charge in [-0.05, 0) is 50.3 Å². The number of nitrogens with zero attached hydrogens (tertiary/aromatic N) is 3. The second kappa shape index (κ2) is 10.5. The number of para-hydroxylation sites is 1. The number of hydrogen-bond donors (Lipinski definition) is 1. The third kappa shape index (κ3) is 4.98. The van der Waals surface area contributed by atoms with E-state index in [0.717, 1.165) is 31.2 Å². The molecule has 0 bridgehead atoms. The van der Waals surface area contributed by atoms with Crippen LogP contribution in [0.3, 0.4) is 0 Å². The Morgan fingerprint density at radius 3 is 2.91 bits per heavy atom. The highest BCUT2D eigenvalue weighted by Crippen LogP contribution is 2.37. The van der Waals surface area contributed by atoms with Crippen LogP contribution in [0.25, 0.3) is 10.9 Å². The molecule has 0 fully saturated rings. The standard InChI is InChI=1S/C24H26N4O3S2/c1-15(13-31-2)28-23(30)17-9-6-7-10-19(17)26-24(28)32-14-21(29)27-22-18(12-25)16-8-4-3-5-11-20(16)33-22/h6-7,9-10,15H,3-5,8,11,13-14H2,1-2H3,(H,27,29). The fraction of sp³-hybridized carbons (Fsp3) is 0.417. The number of methoxy groups -OCH3 is 1. The number of rotatable bonds is 7. The van der Waals surface area contributed by atoms with Gasteiger partial charge in [0.15, 0.2) is 5.16 Å². The van der Waals surface area contributed by atoms with Crippen LogP contribution in [0.5, 0.6) is 0 Å². The zero-order valence-electron chi connectivity index (χ0n) is 18.7. The molecule has 172 valence electrons. The summed E-state index contributed by atoms with van der Waals surface area (Å²) in [4.78, 5) is 31.8. The van der Waals surface area contributed by atoms with Gasteiger partial charge in [0, 0.05) is 12.0 Å². The number of anilines is 1. The van der Waals surface area contributed by atoms with Crippen LogP contribution in [-0.4, -0.2) is 34.9 Å². The number of aromatic nitrogens is 2. The number of aryl methyl sites for hydroxylation is 1. The van der Waals surface area contributed by atoms with E-state index >= 15 is 0 Å². The molecule has 7 nitrogen and oxygen atoms in total. The van der Waals surface area contributed by atoms with Gasteiger partial charge in [0.1, 0.15) is 11.1 Å². The Kier molecular flexibility index (Phi) is 7.48. The summed E-state index contributed by atoms with van der Waals surface area (Å²) in [5.74, 6) is -0.140. The van der Waals surface area contributed by atoms with E-state index in [1.807, 2.05) is 19.1 Å². The van der Waals surface area contributed by atoms with E-state index in [1.165, 1.54) is 34.4 Å². The van der Waals surface area contributed by atoms with Gasteiger partial charge in [-0.3, -0.25) is 14.2 Å². The lowest BCUT2D eigenvalue weighted by molar-refractivity contribution is -0.113. The van der Waals surface area contributed by atoms with Crippen molar-refractivity contribution in [2.75, 3.05) is 24.8 Å². The van der Waals surface area contributed by atoms with E-state index in [4.69, 9.17) is 4.74 Å². The average Bonchev–Trinajstić information content (AvgIpc) is 2.96. The van der Waals surface area contributed by atoms with Crippen LogP contribution in [0, 0.1) is 11.3 Å². The maximum atomic E-state index is 13.1. The van der Waals surface area contributed by atoms with Crippen molar-refractivity contribution in [1.29, 1.82) is 5.26 Å². The van der Waals surface area contributed by atoms with E-state index in [1.54, 1.807) is 23.8 Å². The van der Waals surface area contributed by atoms with E-state index < -0.39 is 0 Å². The normalized spacial score (nSPS) is 14.3. The largest absolute Gasteiger partial charge is 0.383 e. The second-order valence-electron chi connectivity index (χ2n) is 8.11. The third-order valence-electron chi connectivity index (χ3n) is 5.74. The van der Waals surface area contributed by atoms with Crippen molar-refractivity contribution in [3.63, 3.8) is 0 Å². The number of thiophene rings is 1. The Balaban J connectivity index is 1.56. The van der Waals surface area contributed by atoms with Gasteiger partial charge in [0.2, 0.25) is 5.91 Å². The summed E-state index contributed by atoms with van der Waals surface area (Å²) in [6.45, 7) is 2.25. The number of nitriles is 1. The fourth-order valence-corrected chi connectivity index (χ4v) is 6.33. The quantitative estimate of drug-likeness (QED) is 0.302. The van der Waals surface area contributed by atoms with Crippen molar-refractivity contribution in [2.45, 2.75) is 50.2 Å². The molecule has 0 radical (unpaired) electrons. The van der Waals surface area contributed by atoms with Crippen LogP contribution in [0.2, 0.25) is 0 Å². The molecule has 1 unspecified atom stereocenters. The van der Waals surface area contributed by atoms with Crippen LogP contribution >= 0.6 is 23.1 Å². The topological polar surface area (TPSA) is 97.0 Å². The fourth-order valence-electron chi connectivity index (χ4n) is 4.17. The highest BCUT2D eigenvalue weighted by Gasteiger charge is 2.22. The predicted octanol–water partition coefficient (Wildman–Crippen LogP) is 4.54. The summed E-state index contributed by atoms with van der Waals surface area (Å²) in [7, 11) is 1.59. The van der Waals surface area contributed by atoms with Crippen LogP contribution in [0.15, 0.2) is 34.2 Å². The second-order valence-corrected chi connectivity index (χ2v) is 10.2. The van der Waals surface area contributed by atoms with Crippen molar-refractivity contribution in [1.82, 2.24) is 9.55 Å². The minimum atomic E-state index is -0.233. The Bertz CT molecular complexity index is 1280. The van der Waals surface area contributed by atoms with Gasteiger partial charge in [0.25, 0.3) is 5.56 Å². The molecule has 0 spiro atoms. The maximum absolute atomic E-state index is 13.1. The lowest BCUT2D eigenvalue weighted by Crippen LogP contribution is -2.29. The highest BCUT2D eigenvalue weighted by atomic mass is 32.2. The first-order valence-corrected chi connectivity index (χ1v) is 12.8. The maximum Gasteiger partial charge on any atom is 0.262 e. The molecule has 1 aliphatic carbocycles. The van der Waals surface area contributed by atoms with E-state index in [2.05, 4.69) is 16.4 Å². The first-order valence-electron chi connectivity index (χ1n) is 11.0. The number of nitrogens with one attached hydrogen (secondary N) is 1. The Morgan fingerprint density at radius 1 is 1.33 bits per heavy atom.